The number of halogens is 1. The van der Waals surface area contributed by atoms with Crippen molar-refractivity contribution in [3.63, 3.8) is 0 Å². The molecule has 5 nitrogen and oxygen atoms in total. The Hall–Kier alpha value is -1.95. The highest BCUT2D eigenvalue weighted by Gasteiger charge is 2.17. The van der Waals surface area contributed by atoms with Gasteiger partial charge in [0.05, 0.1) is 6.61 Å². The Morgan fingerprint density at radius 2 is 1.95 bits per heavy atom. The largest absolute Gasteiger partial charge is 0.395 e. The molecule has 0 aliphatic rings. The van der Waals surface area contributed by atoms with Crippen LogP contribution < -0.4 is 5.32 Å². The lowest BCUT2D eigenvalue weighted by Crippen LogP contribution is -2.42. The number of hydrogen-bond acceptors (Lipinski definition) is 3. The number of aliphatic hydroxyl groups excluding tert-OH is 1. The summed E-state index contributed by atoms with van der Waals surface area (Å²) in [7, 11) is 1.44. The minimum atomic E-state index is -0.710. The molecule has 6 heteroatoms. The van der Waals surface area contributed by atoms with E-state index in [9.17, 15) is 14.0 Å². The van der Waals surface area contributed by atoms with Crippen LogP contribution in [0.25, 0.3) is 0 Å². The molecule has 0 bridgehead atoms. The topological polar surface area (TPSA) is 69.6 Å². The minimum absolute atomic E-state index is 0.115. The van der Waals surface area contributed by atoms with Gasteiger partial charge in [-0.3, -0.25) is 9.59 Å². The molecule has 0 spiro atoms. The third kappa shape index (κ3) is 5.05. The average Bonchev–Trinajstić information content (AvgIpc) is 2.40. The lowest BCUT2D eigenvalue weighted by atomic mass is 10.1. The SMILES string of the molecule is CN(CCO)C(=O)C(=O)NCCc1ccc(F)cc1. The Labute approximate surface area is 111 Å². The quantitative estimate of drug-likeness (QED) is 0.735. The number of carbonyl (C=O) groups excluding carboxylic acids is 2. The summed E-state index contributed by atoms with van der Waals surface area (Å²) in [5.41, 5.74) is 0.873. The highest BCUT2D eigenvalue weighted by Crippen LogP contribution is 2.02. The third-order valence-corrected chi connectivity index (χ3v) is 2.59. The van der Waals surface area contributed by atoms with Crippen molar-refractivity contribution in [1.82, 2.24) is 10.2 Å². The monoisotopic (exact) mass is 268 g/mol. The highest BCUT2D eigenvalue weighted by atomic mass is 19.1. The first-order chi connectivity index (χ1) is 9.04. The van der Waals surface area contributed by atoms with E-state index in [1.54, 1.807) is 12.1 Å². The lowest BCUT2D eigenvalue weighted by molar-refractivity contribution is -0.145. The molecule has 1 rings (SSSR count). The minimum Gasteiger partial charge on any atom is -0.395 e. The van der Waals surface area contributed by atoms with E-state index in [-0.39, 0.29) is 19.0 Å². The second-order valence-corrected chi connectivity index (χ2v) is 4.08. The number of likely N-dealkylation sites (N-methyl/N-ethyl adjacent to an activating group) is 1. The van der Waals surface area contributed by atoms with Crippen LogP contribution in [0.15, 0.2) is 24.3 Å². The molecule has 0 unspecified atom stereocenters. The Morgan fingerprint density at radius 3 is 2.53 bits per heavy atom. The van der Waals surface area contributed by atoms with Crippen LogP contribution in [-0.2, 0) is 16.0 Å². The summed E-state index contributed by atoms with van der Waals surface area (Å²) < 4.78 is 12.7. The normalized spacial score (nSPS) is 10.1. The molecule has 0 saturated carbocycles. The van der Waals surface area contributed by atoms with Gasteiger partial charge in [-0.2, -0.15) is 0 Å². The summed E-state index contributed by atoms with van der Waals surface area (Å²) in [4.78, 5) is 24.1. The van der Waals surface area contributed by atoms with Gasteiger partial charge in [-0.25, -0.2) is 4.39 Å². The Morgan fingerprint density at radius 1 is 1.32 bits per heavy atom. The number of benzene rings is 1. The van der Waals surface area contributed by atoms with Gasteiger partial charge in [0, 0.05) is 20.1 Å². The third-order valence-electron chi connectivity index (χ3n) is 2.59. The van der Waals surface area contributed by atoms with Crippen molar-refractivity contribution in [2.75, 3.05) is 26.7 Å². The van der Waals surface area contributed by atoms with Crippen molar-refractivity contribution >= 4 is 11.8 Å². The number of aliphatic hydroxyl groups is 1. The molecule has 2 amide bonds. The number of amides is 2. The van der Waals surface area contributed by atoms with E-state index in [2.05, 4.69) is 5.32 Å². The fraction of sp³-hybridized carbons (Fsp3) is 0.385. The van der Waals surface area contributed by atoms with Gasteiger partial charge in [-0.1, -0.05) is 12.1 Å². The Kier molecular flexibility index (Phi) is 5.95. The van der Waals surface area contributed by atoms with E-state index in [1.807, 2.05) is 0 Å². The number of rotatable bonds is 5. The molecular weight excluding hydrogens is 251 g/mol. The molecule has 1 aromatic rings. The molecule has 0 heterocycles. The van der Waals surface area contributed by atoms with Gasteiger partial charge in [0.25, 0.3) is 0 Å². The number of nitrogens with one attached hydrogen (secondary N) is 1. The second-order valence-electron chi connectivity index (χ2n) is 4.08. The van der Waals surface area contributed by atoms with Crippen molar-refractivity contribution in [3.05, 3.63) is 35.6 Å². The molecule has 0 radical (unpaired) electrons. The summed E-state index contributed by atoms with van der Waals surface area (Å²) in [6, 6.07) is 5.94. The zero-order valence-electron chi connectivity index (χ0n) is 10.7. The van der Waals surface area contributed by atoms with Crippen LogP contribution in [0.3, 0.4) is 0 Å². The van der Waals surface area contributed by atoms with Crippen LogP contribution in [0.4, 0.5) is 4.39 Å². The summed E-state index contributed by atoms with van der Waals surface area (Å²) in [6.07, 6.45) is 0.517. The highest BCUT2D eigenvalue weighted by molar-refractivity contribution is 6.34. The second kappa shape index (κ2) is 7.48. The predicted molar refractivity (Wildman–Crippen MR) is 67.8 cm³/mol. The predicted octanol–water partition coefficient (Wildman–Crippen LogP) is -0.0649. The van der Waals surface area contributed by atoms with Crippen LogP contribution in [-0.4, -0.2) is 48.6 Å². The van der Waals surface area contributed by atoms with Gasteiger partial charge in [0.2, 0.25) is 0 Å². The fourth-order valence-electron chi connectivity index (χ4n) is 1.47. The molecule has 19 heavy (non-hydrogen) atoms. The smallest absolute Gasteiger partial charge is 0.311 e. The fourth-order valence-corrected chi connectivity index (χ4v) is 1.47. The maximum absolute atomic E-state index is 12.7. The van der Waals surface area contributed by atoms with E-state index < -0.39 is 11.8 Å². The van der Waals surface area contributed by atoms with Crippen molar-refractivity contribution in [2.24, 2.45) is 0 Å². The first kappa shape index (κ1) is 15.1. The van der Waals surface area contributed by atoms with Gasteiger partial charge >= 0.3 is 11.8 Å². The van der Waals surface area contributed by atoms with Crippen molar-refractivity contribution in [3.8, 4) is 0 Å². The van der Waals surface area contributed by atoms with Crippen LogP contribution in [0.1, 0.15) is 5.56 Å². The first-order valence-corrected chi connectivity index (χ1v) is 5.93. The molecule has 0 saturated heterocycles. The van der Waals surface area contributed by atoms with E-state index in [4.69, 9.17) is 5.11 Å². The molecule has 104 valence electrons. The zero-order chi connectivity index (χ0) is 14.3. The van der Waals surface area contributed by atoms with Gasteiger partial charge < -0.3 is 15.3 Å². The maximum Gasteiger partial charge on any atom is 0.311 e. The van der Waals surface area contributed by atoms with Crippen molar-refractivity contribution < 1.29 is 19.1 Å². The molecule has 0 atom stereocenters. The van der Waals surface area contributed by atoms with Gasteiger partial charge in [-0.05, 0) is 24.1 Å². The summed E-state index contributed by atoms with van der Waals surface area (Å²) in [5, 5.41) is 11.1. The van der Waals surface area contributed by atoms with E-state index in [0.29, 0.717) is 13.0 Å². The Bertz CT molecular complexity index is 434. The van der Waals surface area contributed by atoms with Crippen molar-refractivity contribution in [2.45, 2.75) is 6.42 Å². The lowest BCUT2D eigenvalue weighted by Gasteiger charge is -2.14. The summed E-state index contributed by atoms with van der Waals surface area (Å²) >= 11 is 0. The zero-order valence-corrected chi connectivity index (χ0v) is 10.7. The van der Waals surface area contributed by atoms with Crippen LogP contribution >= 0.6 is 0 Å². The summed E-state index contributed by atoms with van der Waals surface area (Å²) in [5.74, 6) is -1.71. The number of hydrogen-bond donors (Lipinski definition) is 2. The molecule has 2 N–H and O–H groups in total. The first-order valence-electron chi connectivity index (χ1n) is 5.93. The van der Waals surface area contributed by atoms with E-state index >= 15 is 0 Å². The Balaban J connectivity index is 2.34. The van der Waals surface area contributed by atoms with Crippen molar-refractivity contribution in [1.29, 1.82) is 0 Å². The number of carbonyl (C=O) groups is 2. The molecule has 0 aliphatic heterocycles. The van der Waals surface area contributed by atoms with Gasteiger partial charge in [-0.15, -0.1) is 0 Å². The standard InChI is InChI=1S/C13H17FN2O3/c1-16(8-9-17)13(19)12(18)15-7-6-10-2-4-11(14)5-3-10/h2-5,17H,6-9H2,1H3,(H,15,18). The molecule has 0 aromatic heterocycles. The van der Waals surface area contributed by atoms with Gasteiger partial charge in [0.15, 0.2) is 0 Å². The van der Waals surface area contributed by atoms with Gasteiger partial charge in [0.1, 0.15) is 5.82 Å². The van der Waals surface area contributed by atoms with Crippen LogP contribution in [0.5, 0.6) is 0 Å². The van der Waals surface area contributed by atoms with Crippen LogP contribution in [0.2, 0.25) is 0 Å². The van der Waals surface area contributed by atoms with E-state index in [1.165, 1.54) is 19.2 Å². The molecule has 0 fully saturated rings. The molecular formula is C13H17FN2O3. The van der Waals surface area contributed by atoms with E-state index in [0.717, 1.165) is 10.5 Å². The molecule has 0 aliphatic carbocycles. The summed E-state index contributed by atoms with van der Waals surface area (Å²) in [6.45, 7) is 0.221. The molecule has 1 aromatic carbocycles. The van der Waals surface area contributed by atoms with Crippen LogP contribution in [0, 0.1) is 5.82 Å². The number of nitrogens with zero attached hydrogens (tertiary/aromatic N) is 1. The average molecular weight is 268 g/mol. The maximum atomic E-state index is 12.7.